The van der Waals surface area contributed by atoms with E-state index in [1.165, 1.54) is 23.3 Å². The van der Waals surface area contributed by atoms with Gasteiger partial charge in [-0.05, 0) is 43.4 Å². The first-order valence-electron chi connectivity index (χ1n) is 7.29. The number of aryl methyl sites for hydroxylation is 1. The summed E-state index contributed by atoms with van der Waals surface area (Å²) in [6.45, 7) is 0. The Hall–Kier alpha value is -1.81. The summed E-state index contributed by atoms with van der Waals surface area (Å²) in [5, 5.41) is 0.662. The van der Waals surface area contributed by atoms with Crippen LogP contribution < -0.4 is 10.5 Å². The molecule has 0 saturated carbocycles. The number of fused-ring (bicyclic) bond motifs is 1. The highest BCUT2D eigenvalue weighted by Crippen LogP contribution is 2.37. The van der Waals surface area contributed by atoms with Gasteiger partial charge in [-0.2, -0.15) is 0 Å². The standard InChI is InChI=1S/C17H19NO2S/c1-20-12-7-5-6-11(10-12)16(19)15-13-8-3-2-4-9-14(13)21-17(15)18/h5-7,10H,2-4,8-9,18H2,1H3. The molecule has 0 saturated heterocycles. The Labute approximate surface area is 128 Å². The fourth-order valence-corrected chi connectivity index (χ4v) is 4.08. The number of ether oxygens (including phenoxy) is 1. The fraction of sp³-hybridized carbons (Fsp3) is 0.353. The van der Waals surface area contributed by atoms with Crippen LogP contribution in [0.5, 0.6) is 5.75 Å². The SMILES string of the molecule is COc1cccc(C(=O)c2c(N)sc3c2CCCCC3)c1. The Bertz CT molecular complexity index is 675. The van der Waals surface area contributed by atoms with Crippen molar-refractivity contribution in [2.24, 2.45) is 0 Å². The van der Waals surface area contributed by atoms with Crippen LogP contribution in [0, 0.1) is 0 Å². The topological polar surface area (TPSA) is 52.3 Å². The van der Waals surface area contributed by atoms with Gasteiger partial charge in [0.1, 0.15) is 5.75 Å². The number of hydrogen-bond donors (Lipinski definition) is 1. The van der Waals surface area contributed by atoms with Crippen LogP contribution in [0.2, 0.25) is 0 Å². The van der Waals surface area contributed by atoms with Gasteiger partial charge < -0.3 is 10.5 Å². The van der Waals surface area contributed by atoms with Crippen LogP contribution in [0.3, 0.4) is 0 Å². The maximum Gasteiger partial charge on any atom is 0.196 e. The molecule has 110 valence electrons. The Morgan fingerprint density at radius 1 is 1.24 bits per heavy atom. The molecule has 0 bridgehead atoms. The van der Waals surface area contributed by atoms with E-state index in [0.29, 0.717) is 16.3 Å². The summed E-state index contributed by atoms with van der Waals surface area (Å²) in [5.74, 6) is 0.714. The number of rotatable bonds is 3. The van der Waals surface area contributed by atoms with Crippen LogP contribution in [0.1, 0.15) is 45.6 Å². The maximum atomic E-state index is 12.9. The zero-order valence-corrected chi connectivity index (χ0v) is 13.0. The molecule has 2 N–H and O–H groups in total. The monoisotopic (exact) mass is 301 g/mol. The highest BCUT2D eigenvalue weighted by Gasteiger charge is 2.24. The Morgan fingerprint density at radius 2 is 2.05 bits per heavy atom. The molecule has 0 amide bonds. The molecule has 4 heteroatoms. The van der Waals surface area contributed by atoms with E-state index in [-0.39, 0.29) is 5.78 Å². The second kappa shape index (κ2) is 5.90. The maximum absolute atomic E-state index is 12.9. The normalized spacial score (nSPS) is 14.3. The number of anilines is 1. The van der Waals surface area contributed by atoms with Gasteiger partial charge in [0.15, 0.2) is 5.78 Å². The van der Waals surface area contributed by atoms with Crippen LogP contribution in [0.4, 0.5) is 5.00 Å². The zero-order valence-electron chi connectivity index (χ0n) is 12.1. The van der Waals surface area contributed by atoms with Crippen molar-refractivity contribution in [3.8, 4) is 5.75 Å². The van der Waals surface area contributed by atoms with E-state index in [1.807, 2.05) is 18.2 Å². The van der Waals surface area contributed by atoms with Gasteiger partial charge in [-0.15, -0.1) is 11.3 Å². The molecular weight excluding hydrogens is 282 g/mol. The molecule has 0 aliphatic heterocycles. The van der Waals surface area contributed by atoms with Crippen LogP contribution >= 0.6 is 11.3 Å². The smallest absolute Gasteiger partial charge is 0.196 e. The highest BCUT2D eigenvalue weighted by atomic mass is 32.1. The molecule has 1 aliphatic rings. The molecule has 0 unspecified atom stereocenters. The number of nitrogens with two attached hydrogens (primary N) is 1. The summed E-state index contributed by atoms with van der Waals surface area (Å²) < 4.78 is 5.20. The van der Waals surface area contributed by atoms with Crippen molar-refractivity contribution in [1.82, 2.24) is 0 Å². The third-order valence-electron chi connectivity index (χ3n) is 4.01. The summed E-state index contributed by atoms with van der Waals surface area (Å²) in [6, 6.07) is 7.29. The number of benzene rings is 1. The van der Waals surface area contributed by atoms with Crippen molar-refractivity contribution < 1.29 is 9.53 Å². The van der Waals surface area contributed by atoms with Crippen LogP contribution in [0.25, 0.3) is 0 Å². The van der Waals surface area contributed by atoms with Crippen molar-refractivity contribution in [3.63, 3.8) is 0 Å². The quantitative estimate of drug-likeness (QED) is 0.692. The van der Waals surface area contributed by atoms with Crippen molar-refractivity contribution in [1.29, 1.82) is 0 Å². The number of carbonyl (C=O) groups is 1. The molecule has 21 heavy (non-hydrogen) atoms. The lowest BCUT2D eigenvalue weighted by atomic mass is 9.97. The summed E-state index contributed by atoms with van der Waals surface area (Å²) in [5.41, 5.74) is 8.70. The Morgan fingerprint density at radius 3 is 2.86 bits per heavy atom. The second-order valence-electron chi connectivity index (χ2n) is 5.36. The average molecular weight is 301 g/mol. The first-order valence-corrected chi connectivity index (χ1v) is 8.11. The molecule has 0 spiro atoms. The fourth-order valence-electron chi connectivity index (χ4n) is 2.92. The zero-order chi connectivity index (χ0) is 14.8. The number of methoxy groups -OCH3 is 1. The van der Waals surface area contributed by atoms with E-state index < -0.39 is 0 Å². The summed E-state index contributed by atoms with van der Waals surface area (Å²) in [6.07, 6.45) is 5.58. The minimum atomic E-state index is 0.0193. The van der Waals surface area contributed by atoms with Gasteiger partial charge in [0.2, 0.25) is 0 Å². The number of carbonyl (C=O) groups excluding carboxylic acids is 1. The lowest BCUT2D eigenvalue weighted by molar-refractivity contribution is 0.103. The van der Waals surface area contributed by atoms with Gasteiger partial charge in [-0.1, -0.05) is 18.6 Å². The molecule has 3 nitrogen and oxygen atoms in total. The minimum Gasteiger partial charge on any atom is -0.497 e. The second-order valence-corrected chi connectivity index (χ2v) is 6.50. The van der Waals surface area contributed by atoms with Crippen LogP contribution in [0.15, 0.2) is 24.3 Å². The van der Waals surface area contributed by atoms with E-state index >= 15 is 0 Å². The first-order chi connectivity index (χ1) is 10.2. The van der Waals surface area contributed by atoms with Gasteiger partial charge in [-0.25, -0.2) is 0 Å². The van der Waals surface area contributed by atoms with E-state index in [0.717, 1.165) is 24.8 Å². The van der Waals surface area contributed by atoms with E-state index in [1.54, 1.807) is 24.5 Å². The number of ketones is 1. The lowest BCUT2D eigenvalue weighted by Crippen LogP contribution is -2.06. The van der Waals surface area contributed by atoms with Crippen molar-refractivity contribution in [2.45, 2.75) is 32.1 Å². The number of hydrogen-bond acceptors (Lipinski definition) is 4. The van der Waals surface area contributed by atoms with Crippen molar-refractivity contribution >= 4 is 22.1 Å². The van der Waals surface area contributed by atoms with Gasteiger partial charge in [-0.3, -0.25) is 4.79 Å². The van der Waals surface area contributed by atoms with Gasteiger partial charge in [0, 0.05) is 10.4 Å². The first kappa shape index (κ1) is 14.1. The van der Waals surface area contributed by atoms with Crippen LogP contribution in [-0.2, 0) is 12.8 Å². The highest BCUT2D eigenvalue weighted by molar-refractivity contribution is 7.16. The van der Waals surface area contributed by atoms with Gasteiger partial charge >= 0.3 is 0 Å². The molecule has 0 radical (unpaired) electrons. The molecule has 1 aromatic carbocycles. The summed E-state index contributed by atoms with van der Waals surface area (Å²) >= 11 is 1.59. The predicted molar refractivity (Wildman–Crippen MR) is 86.4 cm³/mol. The van der Waals surface area contributed by atoms with E-state index in [2.05, 4.69) is 0 Å². The molecule has 2 aromatic rings. The largest absolute Gasteiger partial charge is 0.497 e. The van der Waals surface area contributed by atoms with Gasteiger partial charge in [0.05, 0.1) is 17.7 Å². The molecule has 1 aromatic heterocycles. The summed E-state index contributed by atoms with van der Waals surface area (Å²) in [4.78, 5) is 14.2. The van der Waals surface area contributed by atoms with Crippen LogP contribution in [-0.4, -0.2) is 12.9 Å². The molecule has 0 fully saturated rings. The van der Waals surface area contributed by atoms with Crippen molar-refractivity contribution in [3.05, 3.63) is 45.8 Å². The number of thiophene rings is 1. The van der Waals surface area contributed by atoms with Gasteiger partial charge in [0.25, 0.3) is 0 Å². The number of nitrogen functional groups attached to an aromatic ring is 1. The minimum absolute atomic E-state index is 0.0193. The molecule has 1 heterocycles. The average Bonchev–Trinajstić information content (AvgIpc) is 2.67. The molecular formula is C17H19NO2S. The predicted octanol–water partition coefficient (Wildman–Crippen LogP) is 3.84. The van der Waals surface area contributed by atoms with Crippen molar-refractivity contribution in [2.75, 3.05) is 12.8 Å². The van der Waals surface area contributed by atoms with E-state index in [4.69, 9.17) is 10.5 Å². The lowest BCUT2D eigenvalue weighted by Gasteiger charge is -2.07. The molecule has 0 atom stereocenters. The molecule has 1 aliphatic carbocycles. The third kappa shape index (κ3) is 2.68. The Balaban J connectivity index is 2.03. The Kier molecular flexibility index (Phi) is 3.97. The summed E-state index contributed by atoms with van der Waals surface area (Å²) in [7, 11) is 1.61. The van der Waals surface area contributed by atoms with E-state index in [9.17, 15) is 4.79 Å². The molecule has 3 rings (SSSR count). The third-order valence-corrected chi connectivity index (χ3v) is 5.13.